The number of hydrogen-bond acceptors (Lipinski definition) is 9. The van der Waals surface area contributed by atoms with E-state index in [2.05, 4.69) is 15.1 Å². The second-order valence-electron chi connectivity index (χ2n) is 8.21. The summed E-state index contributed by atoms with van der Waals surface area (Å²) in [5, 5.41) is 25.0. The van der Waals surface area contributed by atoms with Crippen molar-refractivity contribution in [3.05, 3.63) is 77.7 Å². The first kappa shape index (κ1) is 26.6. The van der Waals surface area contributed by atoms with E-state index in [4.69, 9.17) is 14.3 Å². The lowest BCUT2D eigenvalue weighted by Gasteiger charge is -2.15. The zero-order valence-corrected chi connectivity index (χ0v) is 22.1. The van der Waals surface area contributed by atoms with Crippen LogP contribution in [0.25, 0.3) is 22.5 Å². The van der Waals surface area contributed by atoms with Crippen LogP contribution in [0.5, 0.6) is 11.5 Å². The second-order valence-corrected chi connectivity index (χ2v) is 9.00. The molecule has 0 bridgehead atoms. The topological polar surface area (TPSA) is 130 Å². The first-order valence-corrected chi connectivity index (χ1v) is 12.9. The third-order valence-corrected chi connectivity index (χ3v) is 6.28. The van der Waals surface area contributed by atoms with Gasteiger partial charge in [-0.25, -0.2) is 9.79 Å². The number of aromatic nitrogens is 2. The Labute approximate surface area is 223 Å². The predicted molar refractivity (Wildman–Crippen MR) is 149 cm³/mol. The Balaban J connectivity index is 1.91. The van der Waals surface area contributed by atoms with Crippen LogP contribution in [0.2, 0.25) is 0 Å². The average Bonchev–Trinajstić information content (AvgIpc) is 3.36. The number of phenolic OH excluding ortho intramolecular Hbond substituents is 2. The lowest BCUT2D eigenvalue weighted by molar-refractivity contribution is 0.183. The van der Waals surface area contributed by atoms with Gasteiger partial charge in [-0.15, -0.1) is 11.8 Å². The Hall–Kier alpha value is -4.44. The molecule has 0 fully saturated rings. The molecule has 0 aliphatic heterocycles. The number of benzene rings is 3. The van der Waals surface area contributed by atoms with Crippen molar-refractivity contribution in [2.24, 2.45) is 9.98 Å². The van der Waals surface area contributed by atoms with Gasteiger partial charge in [0.1, 0.15) is 22.3 Å². The van der Waals surface area contributed by atoms with E-state index >= 15 is 0 Å². The molecule has 4 rings (SSSR count). The highest BCUT2D eigenvalue weighted by Gasteiger charge is 2.20. The predicted octanol–water partition coefficient (Wildman–Crippen LogP) is 6.33. The summed E-state index contributed by atoms with van der Waals surface area (Å²) in [6, 6.07) is 17.4. The van der Waals surface area contributed by atoms with Crippen LogP contribution < -0.4 is 0 Å². The van der Waals surface area contributed by atoms with E-state index in [9.17, 15) is 15.0 Å². The van der Waals surface area contributed by atoms with Gasteiger partial charge >= 0.3 is 6.09 Å². The normalized spacial score (nSPS) is 12.0. The van der Waals surface area contributed by atoms with Gasteiger partial charge in [0.25, 0.3) is 0 Å². The fourth-order valence-corrected chi connectivity index (χ4v) is 4.31. The first-order valence-electron chi connectivity index (χ1n) is 11.7. The molecule has 2 N–H and O–H groups in total. The maximum Gasteiger partial charge on any atom is 0.434 e. The van der Waals surface area contributed by atoms with E-state index in [0.29, 0.717) is 34.2 Å². The highest BCUT2D eigenvalue weighted by molar-refractivity contribution is 8.15. The number of methoxy groups -OCH3 is 1. The summed E-state index contributed by atoms with van der Waals surface area (Å²) < 4.78 is 9.83. The Morgan fingerprint density at radius 1 is 1.03 bits per heavy atom. The molecule has 38 heavy (non-hydrogen) atoms. The van der Waals surface area contributed by atoms with Crippen LogP contribution in [-0.2, 0) is 11.2 Å². The Bertz CT molecular complexity index is 1530. The molecule has 3 aromatic carbocycles. The number of aromatic hydroxyl groups is 2. The quantitative estimate of drug-likeness (QED) is 0.218. The molecule has 0 radical (unpaired) electrons. The summed E-state index contributed by atoms with van der Waals surface area (Å²) in [6.45, 7) is 3.71. The minimum absolute atomic E-state index is 0.00802. The summed E-state index contributed by atoms with van der Waals surface area (Å²) in [7, 11) is 1.25. The van der Waals surface area contributed by atoms with Crippen LogP contribution in [0.1, 0.15) is 23.9 Å². The van der Waals surface area contributed by atoms with Gasteiger partial charge in [0.2, 0.25) is 11.7 Å². The molecule has 0 aliphatic rings. The molecule has 0 saturated carbocycles. The van der Waals surface area contributed by atoms with Gasteiger partial charge in [0.05, 0.1) is 12.8 Å². The Kier molecular flexibility index (Phi) is 8.22. The van der Waals surface area contributed by atoms with Crippen LogP contribution in [0.3, 0.4) is 0 Å². The van der Waals surface area contributed by atoms with Crippen molar-refractivity contribution < 1.29 is 24.3 Å². The maximum atomic E-state index is 12.1. The van der Waals surface area contributed by atoms with Crippen LogP contribution in [0.4, 0.5) is 10.5 Å². The van der Waals surface area contributed by atoms with Crippen molar-refractivity contribution in [1.29, 1.82) is 0 Å². The van der Waals surface area contributed by atoms with Gasteiger partial charge in [-0.3, -0.25) is 0 Å². The number of hydrogen-bond donors (Lipinski definition) is 2. The molecular weight excluding hydrogens is 504 g/mol. The van der Waals surface area contributed by atoms with Gasteiger partial charge in [-0.2, -0.15) is 9.98 Å². The van der Waals surface area contributed by atoms with E-state index in [-0.39, 0.29) is 16.5 Å². The molecule has 0 spiro atoms. The van der Waals surface area contributed by atoms with Gasteiger partial charge in [0, 0.05) is 18.1 Å². The molecular formula is C28H26N4O5S. The van der Waals surface area contributed by atoms with Crippen molar-refractivity contribution in [2.45, 2.75) is 20.3 Å². The Morgan fingerprint density at radius 3 is 2.42 bits per heavy atom. The molecule has 1 aromatic heterocycles. The smallest absolute Gasteiger partial charge is 0.434 e. The third-order valence-electron chi connectivity index (χ3n) is 5.61. The lowest BCUT2D eigenvalue weighted by atomic mass is 9.94. The largest absolute Gasteiger partial charge is 0.508 e. The molecule has 0 aliphatic carbocycles. The average molecular weight is 531 g/mol. The minimum Gasteiger partial charge on any atom is -0.508 e. The van der Waals surface area contributed by atoms with Gasteiger partial charge in [0.15, 0.2) is 0 Å². The van der Waals surface area contributed by atoms with E-state index in [1.165, 1.54) is 18.9 Å². The zero-order valence-electron chi connectivity index (χ0n) is 21.3. The number of ether oxygens (including phenoxy) is 1. The fraction of sp³-hybridized carbons (Fsp3) is 0.179. The Morgan fingerprint density at radius 2 is 1.79 bits per heavy atom. The van der Waals surface area contributed by atoms with Crippen LogP contribution in [-0.4, -0.2) is 50.6 Å². The van der Waals surface area contributed by atoms with Gasteiger partial charge in [-0.1, -0.05) is 24.2 Å². The summed E-state index contributed by atoms with van der Waals surface area (Å²) in [5.74, 6) is 1.05. The molecule has 4 aromatic rings. The maximum absolute atomic E-state index is 12.1. The van der Waals surface area contributed by atoms with Crippen molar-refractivity contribution in [2.75, 3.05) is 13.4 Å². The van der Waals surface area contributed by atoms with Crippen molar-refractivity contribution in [1.82, 2.24) is 10.1 Å². The van der Waals surface area contributed by atoms with Crippen molar-refractivity contribution >= 4 is 34.3 Å². The molecule has 194 valence electrons. The number of thioether (sulfide) groups is 1. The standard InChI is InChI=1S/C28H26N4O5S/c1-5-17-12-19(14-22(34)13-17)23-11-10-21(33)15-24(23)25(27(38-4)31-28(35)36-3)30-20-8-6-18(7-9-20)26-29-16(2)37-32-26/h6-15,33-34H,5H2,1-4H3. The fourth-order valence-electron chi connectivity index (χ4n) is 3.79. The van der Waals surface area contributed by atoms with Crippen LogP contribution in [0, 0.1) is 6.92 Å². The van der Waals surface area contributed by atoms with Gasteiger partial charge < -0.3 is 19.5 Å². The van der Waals surface area contributed by atoms with E-state index in [1.807, 2.05) is 25.1 Å². The van der Waals surface area contributed by atoms with Crippen LogP contribution >= 0.6 is 11.8 Å². The zero-order chi connectivity index (χ0) is 27.2. The molecule has 10 heteroatoms. The number of aliphatic imine (C=N–C) groups is 2. The summed E-state index contributed by atoms with van der Waals surface area (Å²) in [6.07, 6.45) is 1.71. The molecule has 0 atom stereocenters. The van der Waals surface area contributed by atoms with E-state index < -0.39 is 6.09 Å². The van der Waals surface area contributed by atoms with Crippen molar-refractivity contribution in [3.8, 4) is 34.0 Å². The SMILES string of the molecule is CCc1cc(O)cc(-c2ccc(O)cc2C(=Nc2ccc(-c3noc(C)n3)cc2)C(=NC(=O)OC)SC)c1. The molecule has 0 unspecified atom stereocenters. The number of amides is 1. The number of carbonyl (C=O) groups excluding carboxylic acids is 1. The third kappa shape index (κ3) is 6.09. The van der Waals surface area contributed by atoms with E-state index in [0.717, 1.165) is 23.1 Å². The van der Waals surface area contributed by atoms with Crippen molar-refractivity contribution in [3.63, 3.8) is 0 Å². The molecule has 1 amide bonds. The summed E-state index contributed by atoms with van der Waals surface area (Å²) >= 11 is 1.21. The minimum atomic E-state index is -0.780. The number of aryl methyl sites for hydroxylation is 2. The van der Waals surface area contributed by atoms with E-state index in [1.54, 1.807) is 55.6 Å². The highest BCUT2D eigenvalue weighted by Crippen LogP contribution is 2.33. The second kappa shape index (κ2) is 11.7. The molecule has 0 saturated heterocycles. The number of carbonyl (C=O) groups is 1. The van der Waals surface area contributed by atoms with Crippen LogP contribution in [0.15, 0.2) is 75.2 Å². The summed E-state index contributed by atoms with van der Waals surface area (Å²) in [5.41, 5.74) is 4.54. The van der Waals surface area contributed by atoms with Gasteiger partial charge in [-0.05, 0) is 77.9 Å². The molecule has 9 nitrogen and oxygen atoms in total. The highest BCUT2D eigenvalue weighted by atomic mass is 32.2. The number of nitrogens with zero attached hydrogens (tertiary/aromatic N) is 4. The first-order chi connectivity index (χ1) is 18.3. The lowest BCUT2D eigenvalue weighted by Crippen LogP contribution is -2.15. The summed E-state index contributed by atoms with van der Waals surface area (Å²) in [4.78, 5) is 25.3. The number of rotatable bonds is 6. The molecule has 1 heterocycles. The number of phenols is 2. The monoisotopic (exact) mass is 530 g/mol.